The molecule has 3 heterocycles. The van der Waals surface area contributed by atoms with Crippen LogP contribution in [0.1, 0.15) is 36.9 Å². The molecule has 0 saturated carbocycles. The summed E-state index contributed by atoms with van der Waals surface area (Å²) >= 11 is 13.5. The standard InChI is InChI=1S/C26H32Cl2N4O4/c1-14-9-17(7-8-34-14)10-22-24(28)25(23-15(2)32-36-16(23)3)31-26(30-22)20-11-19(5-6-21(20)27)35-13-18(33)12-29-4/h5-6,11,14,17-18,29,33H,7-10,12-13H2,1-4H3/t14-,17-,18-/m1/s1. The summed E-state index contributed by atoms with van der Waals surface area (Å²) in [6, 6.07) is 5.28. The predicted octanol–water partition coefficient (Wildman–Crippen LogP) is 5.04. The number of aryl methyl sites for hydroxylation is 2. The van der Waals surface area contributed by atoms with Crippen LogP contribution in [0.5, 0.6) is 5.75 Å². The molecule has 8 nitrogen and oxygen atoms in total. The van der Waals surface area contributed by atoms with Crippen LogP contribution in [0.4, 0.5) is 0 Å². The third-order valence-electron chi connectivity index (χ3n) is 6.33. The van der Waals surface area contributed by atoms with Crippen LogP contribution in [0.15, 0.2) is 22.7 Å². The van der Waals surface area contributed by atoms with Crippen LogP contribution in [-0.2, 0) is 11.2 Å². The van der Waals surface area contributed by atoms with Gasteiger partial charge in [-0.25, -0.2) is 9.97 Å². The van der Waals surface area contributed by atoms with Crippen molar-refractivity contribution in [2.45, 2.75) is 52.2 Å². The first-order valence-corrected chi connectivity index (χ1v) is 12.9. The second-order valence-corrected chi connectivity index (χ2v) is 10.1. The van der Waals surface area contributed by atoms with Crippen molar-refractivity contribution < 1.29 is 19.1 Å². The lowest BCUT2D eigenvalue weighted by Crippen LogP contribution is -2.29. The van der Waals surface area contributed by atoms with Gasteiger partial charge in [-0.3, -0.25) is 0 Å². The summed E-state index contributed by atoms with van der Waals surface area (Å²) in [6.45, 7) is 7.08. The second-order valence-electron chi connectivity index (χ2n) is 9.30. The van der Waals surface area contributed by atoms with Crippen LogP contribution in [0.2, 0.25) is 10.0 Å². The van der Waals surface area contributed by atoms with Gasteiger partial charge in [-0.05, 0) is 71.2 Å². The molecule has 0 radical (unpaired) electrons. The Labute approximate surface area is 221 Å². The zero-order valence-electron chi connectivity index (χ0n) is 21.0. The van der Waals surface area contributed by atoms with Crippen LogP contribution in [0.25, 0.3) is 22.6 Å². The van der Waals surface area contributed by atoms with Crippen molar-refractivity contribution in [2.75, 3.05) is 26.8 Å². The number of halogens is 2. The summed E-state index contributed by atoms with van der Waals surface area (Å²) in [5, 5.41) is 18.0. The number of aliphatic hydroxyl groups is 1. The first-order valence-electron chi connectivity index (χ1n) is 12.1. The number of nitrogens with zero attached hydrogens (tertiary/aromatic N) is 3. The number of nitrogens with one attached hydrogen (secondary N) is 1. The van der Waals surface area contributed by atoms with Crippen molar-refractivity contribution in [1.29, 1.82) is 0 Å². The Morgan fingerprint density at radius 3 is 2.75 bits per heavy atom. The molecule has 1 aliphatic rings. The average Bonchev–Trinajstić information content (AvgIpc) is 3.18. The van der Waals surface area contributed by atoms with Gasteiger partial charge < -0.3 is 24.4 Å². The molecule has 3 atom stereocenters. The lowest BCUT2D eigenvalue weighted by atomic mass is 9.91. The zero-order valence-corrected chi connectivity index (χ0v) is 22.5. The topological polar surface area (TPSA) is 103 Å². The molecule has 3 aromatic rings. The minimum absolute atomic E-state index is 0.140. The van der Waals surface area contributed by atoms with E-state index < -0.39 is 6.10 Å². The van der Waals surface area contributed by atoms with Gasteiger partial charge in [0.25, 0.3) is 0 Å². The molecule has 2 N–H and O–H groups in total. The monoisotopic (exact) mass is 534 g/mol. The van der Waals surface area contributed by atoms with Crippen LogP contribution in [0, 0.1) is 19.8 Å². The van der Waals surface area contributed by atoms with E-state index >= 15 is 0 Å². The molecule has 10 heteroatoms. The van der Waals surface area contributed by atoms with Crippen molar-refractivity contribution in [2.24, 2.45) is 5.92 Å². The minimum Gasteiger partial charge on any atom is -0.491 e. The fraction of sp³-hybridized carbons (Fsp3) is 0.500. The molecule has 4 rings (SSSR count). The van der Waals surface area contributed by atoms with Crippen molar-refractivity contribution in [3.05, 3.63) is 45.4 Å². The van der Waals surface area contributed by atoms with Gasteiger partial charge in [-0.15, -0.1) is 0 Å². The fourth-order valence-corrected chi connectivity index (χ4v) is 5.00. The van der Waals surface area contributed by atoms with E-state index in [0.29, 0.717) is 63.2 Å². The Kier molecular flexibility index (Phi) is 8.85. The number of rotatable bonds is 9. The number of aliphatic hydroxyl groups excluding tert-OH is 1. The first kappa shape index (κ1) is 26.8. The highest BCUT2D eigenvalue weighted by atomic mass is 35.5. The summed E-state index contributed by atoms with van der Waals surface area (Å²) in [5.41, 5.74) is 3.39. The SMILES string of the molecule is CNC[C@@H](O)COc1ccc(Cl)c(-c2nc(C[C@@H]3CCO[C@H](C)C3)c(Cl)c(-c3c(C)noc3C)n2)c1. The Bertz CT molecular complexity index is 1180. The van der Waals surface area contributed by atoms with E-state index in [1.54, 1.807) is 25.2 Å². The third kappa shape index (κ3) is 6.18. The molecule has 0 aliphatic carbocycles. The lowest BCUT2D eigenvalue weighted by molar-refractivity contribution is 0.00266. The molecule has 1 fully saturated rings. The van der Waals surface area contributed by atoms with Crippen LogP contribution < -0.4 is 10.1 Å². The number of hydrogen-bond donors (Lipinski definition) is 2. The van der Waals surface area contributed by atoms with Gasteiger partial charge in [-0.2, -0.15) is 0 Å². The van der Waals surface area contributed by atoms with Crippen LogP contribution >= 0.6 is 23.2 Å². The molecule has 1 saturated heterocycles. The fourth-order valence-electron chi connectivity index (χ4n) is 4.54. The molecule has 36 heavy (non-hydrogen) atoms. The van der Waals surface area contributed by atoms with Gasteiger partial charge in [0.1, 0.15) is 24.2 Å². The van der Waals surface area contributed by atoms with E-state index in [-0.39, 0.29) is 12.7 Å². The molecule has 0 unspecified atom stereocenters. The number of ether oxygens (including phenoxy) is 2. The Balaban J connectivity index is 1.76. The summed E-state index contributed by atoms with van der Waals surface area (Å²) in [5.74, 6) is 2.02. The molecular formula is C26H32Cl2N4O4. The van der Waals surface area contributed by atoms with Crippen LogP contribution in [0.3, 0.4) is 0 Å². The molecular weight excluding hydrogens is 503 g/mol. The van der Waals surface area contributed by atoms with Gasteiger partial charge in [0, 0.05) is 18.7 Å². The van der Waals surface area contributed by atoms with Crippen LogP contribution in [-0.4, -0.2) is 59.2 Å². The number of likely N-dealkylation sites (N-methyl/N-ethyl adjacent to an activating group) is 1. The molecule has 2 aromatic heterocycles. The Hall–Kier alpha value is -2.23. The van der Waals surface area contributed by atoms with E-state index in [9.17, 15) is 5.11 Å². The summed E-state index contributed by atoms with van der Waals surface area (Å²) in [4.78, 5) is 9.72. The summed E-state index contributed by atoms with van der Waals surface area (Å²) in [6.07, 6.45) is 2.14. The smallest absolute Gasteiger partial charge is 0.161 e. The number of benzene rings is 1. The quantitative estimate of drug-likeness (QED) is 0.393. The maximum Gasteiger partial charge on any atom is 0.161 e. The third-order valence-corrected chi connectivity index (χ3v) is 7.05. The van der Waals surface area contributed by atoms with Crippen molar-refractivity contribution in [3.8, 4) is 28.4 Å². The first-order chi connectivity index (χ1) is 17.3. The lowest BCUT2D eigenvalue weighted by Gasteiger charge is -2.27. The molecule has 0 spiro atoms. The normalized spacial score (nSPS) is 18.9. The van der Waals surface area contributed by atoms with E-state index in [4.69, 9.17) is 47.2 Å². The van der Waals surface area contributed by atoms with E-state index in [1.165, 1.54) is 0 Å². The maximum atomic E-state index is 10.0. The highest BCUT2D eigenvalue weighted by Gasteiger charge is 2.26. The molecule has 1 aromatic carbocycles. The highest BCUT2D eigenvalue weighted by molar-refractivity contribution is 6.34. The molecule has 0 amide bonds. The largest absolute Gasteiger partial charge is 0.491 e. The highest BCUT2D eigenvalue weighted by Crippen LogP contribution is 2.38. The molecule has 194 valence electrons. The molecule has 1 aliphatic heterocycles. The van der Waals surface area contributed by atoms with Crippen molar-refractivity contribution in [1.82, 2.24) is 20.4 Å². The van der Waals surface area contributed by atoms with Gasteiger partial charge in [0.15, 0.2) is 5.82 Å². The second kappa shape index (κ2) is 11.9. The van der Waals surface area contributed by atoms with Gasteiger partial charge in [0.05, 0.1) is 38.8 Å². The van der Waals surface area contributed by atoms with Crippen molar-refractivity contribution in [3.63, 3.8) is 0 Å². The van der Waals surface area contributed by atoms with Gasteiger partial charge in [0.2, 0.25) is 0 Å². The Morgan fingerprint density at radius 1 is 1.25 bits per heavy atom. The summed E-state index contributed by atoms with van der Waals surface area (Å²) in [7, 11) is 1.77. The van der Waals surface area contributed by atoms with E-state index in [0.717, 1.165) is 30.7 Å². The number of aromatic nitrogens is 3. The van der Waals surface area contributed by atoms with E-state index in [1.807, 2.05) is 13.8 Å². The van der Waals surface area contributed by atoms with Crippen molar-refractivity contribution >= 4 is 23.2 Å². The molecule has 0 bridgehead atoms. The van der Waals surface area contributed by atoms with E-state index in [2.05, 4.69) is 17.4 Å². The summed E-state index contributed by atoms with van der Waals surface area (Å²) < 4.78 is 16.9. The number of hydrogen-bond acceptors (Lipinski definition) is 8. The predicted molar refractivity (Wildman–Crippen MR) is 140 cm³/mol. The van der Waals surface area contributed by atoms with Gasteiger partial charge in [-0.1, -0.05) is 28.4 Å². The zero-order chi connectivity index (χ0) is 25.8. The Morgan fingerprint density at radius 2 is 2.06 bits per heavy atom. The van der Waals surface area contributed by atoms with Gasteiger partial charge >= 0.3 is 0 Å². The average molecular weight is 535 g/mol. The maximum absolute atomic E-state index is 10.0. The minimum atomic E-state index is -0.638.